The number of imidazole rings is 1. The van der Waals surface area contributed by atoms with Crippen LogP contribution in [0.3, 0.4) is 0 Å². The van der Waals surface area contributed by atoms with Gasteiger partial charge >= 0.3 is 0 Å². The molecule has 0 aliphatic carbocycles. The van der Waals surface area contributed by atoms with Crippen molar-refractivity contribution >= 4 is 5.91 Å². The molecule has 2 aliphatic heterocycles. The standard InChI is InChI=1S/C18H30N4O/c1-16(2)13-22-14-18(12-17(22)23)4-9-20(10-5-18)7-3-8-21-11-6-19-15-21/h6,11,15-16H,3-5,7-10,12-14H2,1-2H3. The van der Waals surface area contributed by atoms with Gasteiger partial charge in [0.25, 0.3) is 0 Å². The van der Waals surface area contributed by atoms with Crippen LogP contribution in [0.4, 0.5) is 0 Å². The molecule has 1 amide bonds. The summed E-state index contributed by atoms with van der Waals surface area (Å²) in [6.45, 7) is 10.8. The highest BCUT2D eigenvalue weighted by molar-refractivity contribution is 5.79. The number of aromatic nitrogens is 2. The van der Waals surface area contributed by atoms with E-state index in [4.69, 9.17) is 0 Å². The van der Waals surface area contributed by atoms with Crippen LogP contribution in [0.1, 0.15) is 39.5 Å². The molecule has 2 aliphatic rings. The van der Waals surface area contributed by atoms with Gasteiger partial charge in [0.2, 0.25) is 5.91 Å². The number of hydrogen-bond donors (Lipinski definition) is 0. The van der Waals surface area contributed by atoms with Gasteiger partial charge in [0.1, 0.15) is 0 Å². The average molecular weight is 318 g/mol. The molecule has 0 N–H and O–H groups in total. The summed E-state index contributed by atoms with van der Waals surface area (Å²) in [6, 6.07) is 0. The molecule has 2 saturated heterocycles. The number of hydrogen-bond acceptors (Lipinski definition) is 3. The van der Waals surface area contributed by atoms with Gasteiger partial charge in [-0.1, -0.05) is 13.8 Å². The van der Waals surface area contributed by atoms with Gasteiger partial charge in [0, 0.05) is 38.4 Å². The molecule has 0 atom stereocenters. The number of nitrogens with zero attached hydrogens (tertiary/aromatic N) is 4. The van der Waals surface area contributed by atoms with Gasteiger partial charge in [0.15, 0.2) is 0 Å². The summed E-state index contributed by atoms with van der Waals surface area (Å²) in [4.78, 5) is 21.0. The third-order valence-electron chi connectivity index (χ3n) is 5.36. The highest BCUT2D eigenvalue weighted by Crippen LogP contribution is 2.41. The van der Waals surface area contributed by atoms with Crippen LogP contribution in [0.5, 0.6) is 0 Å². The Balaban J connectivity index is 1.42. The molecule has 0 aromatic carbocycles. The molecule has 5 nitrogen and oxygen atoms in total. The fraction of sp³-hybridized carbons (Fsp3) is 0.778. The summed E-state index contributed by atoms with van der Waals surface area (Å²) in [6.07, 6.45) is 10.1. The van der Waals surface area contributed by atoms with Crippen LogP contribution in [0.15, 0.2) is 18.7 Å². The fourth-order valence-corrected chi connectivity index (χ4v) is 4.07. The molecule has 2 fully saturated rings. The number of likely N-dealkylation sites (tertiary alicyclic amines) is 2. The van der Waals surface area contributed by atoms with E-state index in [2.05, 4.69) is 33.2 Å². The van der Waals surface area contributed by atoms with Crippen molar-refractivity contribution in [1.29, 1.82) is 0 Å². The summed E-state index contributed by atoms with van der Waals surface area (Å²) in [5, 5.41) is 0. The molecular weight excluding hydrogens is 288 g/mol. The minimum Gasteiger partial charge on any atom is -0.342 e. The van der Waals surface area contributed by atoms with Crippen molar-refractivity contribution in [2.24, 2.45) is 11.3 Å². The zero-order valence-electron chi connectivity index (χ0n) is 14.6. The van der Waals surface area contributed by atoms with E-state index in [1.807, 2.05) is 18.7 Å². The van der Waals surface area contributed by atoms with Crippen LogP contribution in [-0.2, 0) is 11.3 Å². The lowest BCUT2D eigenvalue weighted by atomic mass is 9.77. The predicted molar refractivity (Wildman–Crippen MR) is 91.0 cm³/mol. The number of rotatable bonds is 6. The zero-order valence-corrected chi connectivity index (χ0v) is 14.6. The molecule has 1 spiro atoms. The van der Waals surface area contributed by atoms with Gasteiger partial charge in [-0.3, -0.25) is 4.79 Å². The van der Waals surface area contributed by atoms with Gasteiger partial charge in [-0.15, -0.1) is 0 Å². The number of amides is 1. The third-order valence-corrected chi connectivity index (χ3v) is 5.36. The first-order valence-corrected chi connectivity index (χ1v) is 9.02. The molecule has 3 heterocycles. The minimum absolute atomic E-state index is 0.271. The van der Waals surface area contributed by atoms with Crippen LogP contribution >= 0.6 is 0 Å². The molecule has 0 bridgehead atoms. The second-order valence-corrected chi connectivity index (χ2v) is 7.84. The maximum Gasteiger partial charge on any atom is 0.223 e. The van der Waals surface area contributed by atoms with Gasteiger partial charge in [-0.2, -0.15) is 0 Å². The maximum absolute atomic E-state index is 12.3. The van der Waals surface area contributed by atoms with E-state index >= 15 is 0 Å². The first-order valence-electron chi connectivity index (χ1n) is 9.02. The van der Waals surface area contributed by atoms with Gasteiger partial charge in [0.05, 0.1) is 6.33 Å². The lowest BCUT2D eigenvalue weighted by molar-refractivity contribution is -0.128. The lowest BCUT2D eigenvalue weighted by Crippen LogP contribution is -2.42. The number of aryl methyl sites for hydroxylation is 1. The second-order valence-electron chi connectivity index (χ2n) is 7.84. The van der Waals surface area contributed by atoms with Crippen molar-refractivity contribution in [3.63, 3.8) is 0 Å². The van der Waals surface area contributed by atoms with Gasteiger partial charge < -0.3 is 14.4 Å². The Morgan fingerprint density at radius 1 is 1.26 bits per heavy atom. The van der Waals surface area contributed by atoms with Gasteiger partial charge in [-0.25, -0.2) is 4.98 Å². The van der Waals surface area contributed by atoms with E-state index in [0.29, 0.717) is 11.8 Å². The first-order chi connectivity index (χ1) is 11.1. The normalized spacial score (nSPS) is 21.7. The largest absolute Gasteiger partial charge is 0.342 e. The predicted octanol–water partition coefficient (Wildman–Crippen LogP) is 2.24. The molecule has 1 aromatic rings. The molecule has 23 heavy (non-hydrogen) atoms. The summed E-state index contributed by atoms with van der Waals surface area (Å²) >= 11 is 0. The fourth-order valence-electron chi connectivity index (χ4n) is 4.07. The van der Waals surface area contributed by atoms with Crippen LogP contribution in [0, 0.1) is 11.3 Å². The molecule has 0 saturated carbocycles. The monoisotopic (exact) mass is 318 g/mol. The molecule has 0 unspecified atom stereocenters. The Bertz CT molecular complexity index is 503. The Kier molecular flexibility index (Phi) is 5.05. The summed E-state index contributed by atoms with van der Waals surface area (Å²) in [7, 11) is 0. The van der Waals surface area contributed by atoms with E-state index < -0.39 is 0 Å². The summed E-state index contributed by atoms with van der Waals surface area (Å²) in [5.41, 5.74) is 0.271. The van der Waals surface area contributed by atoms with Crippen molar-refractivity contribution in [2.45, 2.75) is 46.1 Å². The quantitative estimate of drug-likeness (QED) is 0.808. The zero-order chi connectivity index (χ0) is 16.3. The third kappa shape index (κ3) is 4.14. The highest BCUT2D eigenvalue weighted by Gasteiger charge is 2.44. The number of carbonyl (C=O) groups excluding carboxylic acids is 1. The van der Waals surface area contributed by atoms with E-state index in [-0.39, 0.29) is 5.41 Å². The number of carbonyl (C=O) groups is 1. The van der Waals surface area contributed by atoms with E-state index in [1.165, 1.54) is 19.3 Å². The van der Waals surface area contributed by atoms with Crippen molar-refractivity contribution in [1.82, 2.24) is 19.4 Å². The molecular formula is C18H30N4O. The van der Waals surface area contributed by atoms with Crippen molar-refractivity contribution in [3.8, 4) is 0 Å². The molecule has 128 valence electrons. The van der Waals surface area contributed by atoms with Crippen LogP contribution in [-0.4, -0.2) is 58.0 Å². The van der Waals surface area contributed by atoms with Crippen molar-refractivity contribution in [3.05, 3.63) is 18.7 Å². The van der Waals surface area contributed by atoms with Crippen LogP contribution in [0.2, 0.25) is 0 Å². The summed E-state index contributed by atoms with van der Waals surface area (Å²) < 4.78 is 2.14. The Labute approximate surface area is 139 Å². The van der Waals surface area contributed by atoms with E-state index in [0.717, 1.165) is 45.7 Å². The van der Waals surface area contributed by atoms with Crippen molar-refractivity contribution < 1.29 is 4.79 Å². The smallest absolute Gasteiger partial charge is 0.223 e. The Hall–Kier alpha value is -1.36. The molecule has 5 heteroatoms. The average Bonchev–Trinajstić information content (AvgIpc) is 3.10. The SMILES string of the molecule is CC(C)CN1CC2(CCN(CCCn3ccnc3)CC2)CC1=O. The number of piperidine rings is 1. The second kappa shape index (κ2) is 7.04. The highest BCUT2D eigenvalue weighted by atomic mass is 16.2. The lowest BCUT2D eigenvalue weighted by Gasteiger charge is -2.39. The summed E-state index contributed by atoms with van der Waals surface area (Å²) in [5.74, 6) is 0.949. The van der Waals surface area contributed by atoms with Gasteiger partial charge in [-0.05, 0) is 50.2 Å². The van der Waals surface area contributed by atoms with Crippen molar-refractivity contribution in [2.75, 3.05) is 32.7 Å². The Morgan fingerprint density at radius 3 is 2.70 bits per heavy atom. The molecule has 3 rings (SSSR count). The molecule has 0 radical (unpaired) electrons. The minimum atomic E-state index is 0.271. The van der Waals surface area contributed by atoms with E-state index in [1.54, 1.807) is 0 Å². The topological polar surface area (TPSA) is 41.4 Å². The van der Waals surface area contributed by atoms with E-state index in [9.17, 15) is 4.79 Å². The van der Waals surface area contributed by atoms with Crippen LogP contribution < -0.4 is 0 Å². The Morgan fingerprint density at radius 2 is 2.04 bits per heavy atom. The first kappa shape index (κ1) is 16.5. The van der Waals surface area contributed by atoms with Crippen LogP contribution in [0.25, 0.3) is 0 Å². The maximum atomic E-state index is 12.3. The molecule has 1 aromatic heterocycles.